The molecule has 1 aliphatic rings. The van der Waals surface area contributed by atoms with Crippen molar-refractivity contribution >= 4 is 32.9 Å². The summed E-state index contributed by atoms with van der Waals surface area (Å²) in [5, 5.41) is 3.07. The summed E-state index contributed by atoms with van der Waals surface area (Å²) in [6, 6.07) is 4.75. The third-order valence-electron chi connectivity index (χ3n) is 3.45. The van der Waals surface area contributed by atoms with E-state index in [2.05, 4.69) is 36.2 Å². The molecule has 0 aliphatic carbocycles. The van der Waals surface area contributed by atoms with Crippen molar-refractivity contribution in [3.63, 3.8) is 0 Å². The predicted octanol–water partition coefficient (Wildman–Crippen LogP) is 2.17. The van der Waals surface area contributed by atoms with Crippen LogP contribution in [0.25, 0.3) is 0 Å². The average Bonchev–Trinajstić information content (AvgIpc) is 2.83. The second kappa shape index (κ2) is 7.46. The summed E-state index contributed by atoms with van der Waals surface area (Å²) in [4.78, 5) is 4.66. The molecule has 1 aromatic heterocycles. The van der Waals surface area contributed by atoms with Crippen molar-refractivity contribution in [2.24, 2.45) is 0 Å². The molecule has 1 atom stereocenters. The molecular weight excluding hydrogens is 324 g/mol. The van der Waals surface area contributed by atoms with Gasteiger partial charge in [0.15, 0.2) is 9.84 Å². The van der Waals surface area contributed by atoms with Crippen molar-refractivity contribution < 1.29 is 8.42 Å². The molecule has 1 saturated heterocycles. The molecule has 1 fully saturated rings. The third kappa shape index (κ3) is 5.25. The zero-order chi connectivity index (χ0) is 15.5. The molecule has 21 heavy (non-hydrogen) atoms. The van der Waals surface area contributed by atoms with Gasteiger partial charge in [-0.25, -0.2) is 8.42 Å². The van der Waals surface area contributed by atoms with E-state index in [0.717, 1.165) is 25.4 Å². The molecule has 0 radical (unpaired) electrons. The standard InChI is InChI=1S/C14H24N2O2S3/c1-11(2)15-8-12-4-5-13(20-12)9-16-6-7-19-10-14(16)21(3,17)18/h4-5,11,14-15H,6-10H2,1-3H3. The second-order valence-corrected chi connectivity index (χ2v) is 10.3. The monoisotopic (exact) mass is 348 g/mol. The van der Waals surface area contributed by atoms with Crippen LogP contribution in [0.5, 0.6) is 0 Å². The highest BCUT2D eigenvalue weighted by atomic mass is 32.2. The Morgan fingerprint density at radius 2 is 2.10 bits per heavy atom. The minimum absolute atomic E-state index is 0.337. The lowest BCUT2D eigenvalue weighted by molar-refractivity contribution is 0.264. The molecule has 1 unspecified atom stereocenters. The van der Waals surface area contributed by atoms with Gasteiger partial charge >= 0.3 is 0 Å². The largest absolute Gasteiger partial charge is 0.310 e. The topological polar surface area (TPSA) is 49.4 Å². The van der Waals surface area contributed by atoms with Crippen LogP contribution in [-0.2, 0) is 22.9 Å². The Morgan fingerprint density at radius 1 is 1.38 bits per heavy atom. The summed E-state index contributed by atoms with van der Waals surface area (Å²) in [6.45, 7) is 6.74. The van der Waals surface area contributed by atoms with Gasteiger partial charge in [0, 0.05) is 53.2 Å². The van der Waals surface area contributed by atoms with Gasteiger partial charge in [0.1, 0.15) is 5.37 Å². The summed E-state index contributed by atoms with van der Waals surface area (Å²) in [5.74, 6) is 1.70. The highest BCUT2D eigenvalue weighted by molar-refractivity contribution is 8.00. The maximum absolute atomic E-state index is 11.9. The fourth-order valence-electron chi connectivity index (χ4n) is 2.30. The van der Waals surface area contributed by atoms with Crippen molar-refractivity contribution in [3.8, 4) is 0 Å². The predicted molar refractivity (Wildman–Crippen MR) is 92.7 cm³/mol. The first-order chi connectivity index (χ1) is 9.86. The van der Waals surface area contributed by atoms with Gasteiger partial charge in [0.05, 0.1) is 0 Å². The van der Waals surface area contributed by atoms with Crippen LogP contribution in [0.4, 0.5) is 0 Å². The van der Waals surface area contributed by atoms with E-state index in [9.17, 15) is 8.42 Å². The number of sulfone groups is 1. The number of thioether (sulfide) groups is 1. The summed E-state index contributed by atoms with van der Waals surface area (Å²) in [7, 11) is -3.01. The maximum Gasteiger partial charge on any atom is 0.164 e. The average molecular weight is 349 g/mol. The molecule has 1 N–H and O–H groups in total. The Bertz CT molecular complexity index is 554. The smallest absolute Gasteiger partial charge is 0.164 e. The van der Waals surface area contributed by atoms with Gasteiger partial charge in [-0.3, -0.25) is 4.90 Å². The summed E-state index contributed by atoms with van der Waals surface area (Å²) < 4.78 is 23.8. The highest BCUT2D eigenvalue weighted by Crippen LogP contribution is 2.25. The normalized spacial score (nSPS) is 21.0. The summed E-state index contributed by atoms with van der Waals surface area (Å²) >= 11 is 3.51. The van der Waals surface area contributed by atoms with Gasteiger partial charge in [-0.1, -0.05) is 13.8 Å². The van der Waals surface area contributed by atoms with Crippen molar-refractivity contribution in [3.05, 3.63) is 21.9 Å². The molecule has 0 bridgehead atoms. The van der Waals surface area contributed by atoms with Crippen molar-refractivity contribution in [2.45, 2.75) is 38.4 Å². The van der Waals surface area contributed by atoms with E-state index in [0.29, 0.717) is 11.8 Å². The number of rotatable bonds is 6. The molecule has 4 nitrogen and oxygen atoms in total. The van der Waals surface area contributed by atoms with Crippen LogP contribution in [0, 0.1) is 0 Å². The molecule has 2 heterocycles. The zero-order valence-corrected chi connectivity index (χ0v) is 15.3. The summed E-state index contributed by atoms with van der Waals surface area (Å²) in [5.41, 5.74) is 0. The third-order valence-corrected chi connectivity index (χ3v) is 7.20. The first-order valence-electron chi connectivity index (χ1n) is 7.18. The van der Waals surface area contributed by atoms with Gasteiger partial charge in [0.2, 0.25) is 0 Å². The SMILES string of the molecule is CC(C)NCc1ccc(CN2CCSCC2S(C)(=O)=O)s1. The Kier molecular flexibility index (Phi) is 6.14. The Balaban J connectivity index is 1.99. The molecule has 0 saturated carbocycles. The van der Waals surface area contributed by atoms with Gasteiger partial charge in [-0.05, 0) is 12.1 Å². The molecule has 0 amide bonds. The molecule has 0 aromatic carbocycles. The van der Waals surface area contributed by atoms with Gasteiger partial charge in [-0.2, -0.15) is 11.8 Å². The van der Waals surface area contributed by atoms with Crippen LogP contribution in [0.3, 0.4) is 0 Å². The van der Waals surface area contributed by atoms with E-state index in [1.165, 1.54) is 16.0 Å². The second-order valence-electron chi connectivity index (χ2n) is 5.73. The molecule has 2 rings (SSSR count). The van der Waals surface area contributed by atoms with Crippen LogP contribution in [-0.4, -0.2) is 49.0 Å². The Labute approximate surface area is 136 Å². The van der Waals surface area contributed by atoms with Crippen LogP contribution in [0.2, 0.25) is 0 Å². The number of nitrogens with zero attached hydrogens (tertiary/aromatic N) is 1. The van der Waals surface area contributed by atoms with E-state index in [4.69, 9.17) is 0 Å². The van der Waals surface area contributed by atoms with Crippen LogP contribution in [0.1, 0.15) is 23.6 Å². The van der Waals surface area contributed by atoms with Crippen LogP contribution in [0.15, 0.2) is 12.1 Å². The lowest BCUT2D eigenvalue weighted by Gasteiger charge is -2.33. The Morgan fingerprint density at radius 3 is 2.76 bits per heavy atom. The van der Waals surface area contributed by atoms with Crippen molar-refractivity contribution in [2.75, 3.05) is 24.3 Å². The number of thiophene rings is 1. The van der Waals surface area contributed by atoms with E-state index < -0.39 is 9.84 Å². The van der Waals surface area contributed by atoms with E-state index >= 15 is 0 Å². The summed E-state index contributed by atoms with van der Waals surface area (Å²) in [6.07, 6.45) is 1.35. The van der Waals surface area contributed by atoms with Gasteiger partial charge in [-0.15, -0.1) is 11.3 Å². The molecule has 0 spiro atoms. The zero-order valence-electron chi connectivity index (χ0n) is 12.8. The number of hydrogen-bond donors (Lipinski definition) is 1. The maximum atomic E-state index is 11.9. The fraction of sp³-hybridized carbons (Fsp3) is 0.714. The van der Waals surface area contributed by atoms with Crippen LogP contribution < -0.4 is 5.32 Å². The van der Waals surface area contributed by atoms with Gasteiger partial charge < -0.3 is 5.32 Å². The van der Waals surface area contributed by atoms with Crippen molar-refractivity contribution in [1.29, 1.82) is 0 Å². The van der Waals surface area contributed by atoms with E-state index in [1.807, 2.05) is 0 Å². The van der Waals surface area contributed by atoms with E-state index in [1.54, 1.807) is 23.1 Å². The Hall–Kier alpha value is -0.0800. The first kappa shape index (κ1) is 17.3. The minimum atomic E-state index is -3.01. The molecular formula is C14H24N2O2S3. The lowest BCUT2D eigenvalue weighted by atomic mass is 10.3. The fourth-order valence-corrected chi connectivity index (χ4v) is 6.23. The first-order valence-corrected chi connectivity index (χ1v) is 11.1. The number of hydrogen-bond acceptors (Lipinski definition) is 6. The van der Waals surface area contributed by atoms with E-state index in [-0.39, 0.29) is 5.37 Å². The van der Waals surface area contributed by atoms with Crippen molar-refractivity contribution in [1.82, 2.24) is 10.2 Å². The molecule has 120 valence electrons. The number of nitrogens with one attached hydrogen (secondary N) is 1. The molecule has 7 heteroatoms. The highest BCUT2D eigenvalue weighted by Gasteiger charge is 2.31. The molecule has 1 aliphatic heterocycles. The van der Waals surface area contributed by atoms with Crippen LogP contribution >= 0.6 is 23.1 Å². The minimum Gasteiger partial charge on any atom is -0.310 e. The quantitative estimate of drug-likeness (QED) is 0.854. The molecule has 1 aromatic rings. The lowest BCUT2D eigenvalue weighted by Crippen LogP contribution is -2.46. The van der Waals surface area contributed by atoms with Gasteiger partial charge in [0.25, 0.3) is 0 Å².